The fourth-order valence-corrected chi connectivity index (χ4v) is 3.16. The molecular weight excluding hydrogens is 360 g/mol. The molecule has 0 aliphatic carbocycles. The van der Waals surface area contributed by atoms with Crippen LogP contribution in [0.3, 0.4) is 0 Å². The molecule has 1 atom stereocenters. The number of hydrogen-bond donors (Lipinski definition) is 0. The smallest absolute Gasteiger partial charge is 0.130 e. The third kappa shape index (κ3) is 6.97. The van der Waals surface area contributed by atoms with Crippen LogP contribution in [0.25, 0.3) is 0 Å². The lowest BCUT2D eigenvalue weighted by Gasteiger charge is -2.09. The van der Waals surface area contributed by atoms with Gasteiger partial charge in [0.25, 0.3) is 0 Å². The molecule has 0 N–H and O–H groups in total. The van der Waals surface area contributed by atoms with Crippen LogP contribution >= 0.6 is 0 Å². The van der Waals surface area contributed by atoms with Crippen LogP contribution in [0.2, 0.25) is 0 Å². The van der Waals surface area contributed by atoms with Crippen molar-refractivity contribution in [1.82, 2.24) is 9.55 Å². The molecule has 0 fully saturated rings. The van der Waals surface area contributed by atoms with E-state index in [1.807, 2.05) is 47.2 Å². The number of hydrogen-bond acceptors (Lipinski definition) is 3. The highest BCUT2D eigenvalue weighted by molar-refractivity contribution is 5.75. The molecule has 0 amide bonds. The maximum atomic E-state index is 11.2. The Labute approximate surface area is 172 Å². The quantitative estimate of drug-likeness (QED) is 0.535. The van der Waals surface area contributed by atoms with Crippen molar-refractivity contribution in [2.24, 2.45) is 5.92 Å². The van der Waals surface area contributed by atoms with Gasteiger partial charge in [0.05, 0.1) is 12.9 Å². The largest absolute Gasteiger partial charge is 0.492 e. The van der Waals surface area contributed by atoms with Crippen molar-refractivity contribution in [1.29, 1.82) is 0 Å². The van der Waals surface area contributed by atoms with E-state index in [9.17, 15) is 4.79 Å². The monoisotopic (exact) mass is 386 g/mol. The summed E-state index contributed by atoms with van der Waals surface area (Å²) in [7, 11) is 0. The van der Waals surface area contributed by atoms with Gasteiger partial charge in [0.1, 0.15) is 18.1 Å². The fraction of sp³-hybridized carbons (Fsp3) is 0.280. The minimum absolute atomic E-state index is 0.245. The van der Waals surface area contributed by atoms with Crippen LogP contribution < -0.4 is 4.74 Å². The first-order valence-electron chi connectivity index (χ1n) is 9.87. The van der Waals surface area contributed by atoms with Crippen molar-refractivity contribution in [2.75, 3.05) is 6.61 Å². The van der Waals surface area contributed by atoms with E-state index < -0.39 is 0 Å². The summed E-state index contributed by atoms with van der Waals surface area (Å²) in [5, 5.41) is 0. The van der Waals surface area contributed by atoms with Crippen LogP contribution in [0.4, 0.5) is 0 Å². The van der Waals surface area contributed by atoms with E-state index in [1.165, 1.54) is 5.56 Å². The highest BCUT2D eigenvalue weighted by atomic mass is 16.5. The van der Waals surface area contributed by atoms with Gasteiger partial charge in [-0.05, 0) is 61.2 Å². The maximum Gasteiger partial charge on any atom is 0.130 e. The summed E-state index contributed by atoms with van der Waals surface area (Å²) in [4.78, 5) is 15.2. The Bertz CT molecular complexity index is 962. The molecule has 0 saturated carbocycles. The van der Waals surface area contributed by atoms with Crippen LogP contribution in [0, 0.1) is 17.8 Å². The fourth-order valence-electron chi connectivity index (χ4n) is 3.16. The lowest BCUT2D eigenvalue weighted by molar-refractivity contribution is -0.117. The topological polar surface area (TPSA) is 44.1 Å². The van der Waals surface area contributed by atoms with Gasteiger partial charge >= 0.3 is 0 Å². The predicted octanol–water partition coefficient (Wildman–Crippen LogP) is 4.52. The molecule has 4 nitrogen and oxygen atoms in total. The molecule has 3 rings (SSSR count). The summed E-state index contributed by atoms with van der Waals surface area (Å²) in [5.41, 5.74) is 3.17. The minimum Gasteiger partial charge on any atom is -0.492 e. The molecule has 0 spiro atoms. The van der Waals surface area contributed by atoms with Crippen LogP contribution in [-0.2, 0) is 17.8 Å². The number of rotatable bonds is 8. The van der Waals surface area contributed by atoms with Gasteiger partial charge < -0.3 is 14.1 Å². The zero-order chi connectivity index (χ0) is 20.5. The molecular formula is C25H26N2O2. The third-order valence-corrected chi connectivity index (χ3v) is 4.56. The van der Waals surface area contributed by atoms with Crippen LogP contribution in [0.1, 0.15) is 37.0 Å². The summed E-state index contributed by atoms with van der Waals surface area (Å²) < 4.78 is 7.73. The zero-order valence-electron chi connectivity index (χ0n) is 17.0. The summed E-state index contributed by atoms with van der Waals surface area (Å²) in [5.74, 6) is 7.83. The molecule has 0 aliphatic rings. The molecule has 3 aromatic rings. The predicted molar refractivity (Wildman–Crippen MR) is 115 cm³/mol. The first-order chi connectivity index (χ1) is 14.1. The first kappa shape index (κ1) is 20.4. The van der Waals surface area contributed by atoms with Gasteiger partial charge in [-0.25, -0.2) is 4.98 Å². The molecule has 1 heterocycles. The van der Waals surface area contributed by atoms with Crippen molar-refractivity contribution in [2.45, 2.75) is 33.2 Å². The van der Waals surface area contributed by atoms with E-state index in [0.717, 1.165) is 29.8 Å². The lowest BCUT2D eigenvalue weighted by atomic mass is 9.96. The van der Waals surface area contributed by atoms with Gasteiger partial charge in [-0.15, -0.1) is 0 Å². The zero-order valence-corrected chi connectivity index (χ0v) is 17.0. The number of nitrogens with zero attached hydrogens (tertiary/aromatic N) is 2. The molecule has 29 heavy (non-hydrogen) atoms. The number of ether oxygens (including phenoxy) is 1. The van der Waals surface area contributed by atoms with Crippen molar-refractivity contribution in [3.63, 3.8) is 0 Å². The standard InChI is InChI=1S/C25H26N2O2/c1-20(17-21(2)28)18-24-7-5-22(6-8-24)3-4-23-9-11-25(12-10-23)29-16-15-27-14-13-26-19-27/h5-14,19-20H,15-18H2,1-2H3. The molecule has 0 bridgehead atoms. The SMILES string of the molecule is CC(=O)CC(C)Cc1ccc(C#Cc2ccc(OCCn3ccnc3)cc2)cc1. The number of imidazole rings is 1. The normalized spacial score (nSPS) is 11.4. The van der Waals surface area contributed by atoms with Crippen molar-refractivity contribution >= 4 is 5.78 Å². The van der Waals surface area contributed by atoms with Gasteiger partial charge in [0.2, 0.25) is 0 Å². The van der Waals surface area contributed by atoms with Gasteiger partial charge in [-0.2, -0.15) is 0 Å². The highest BCUT2D eigenvalue weighted by Gasteiger charge is 2.06. The first-order valence-corrected chi connectivity index (χ1v) is 9.87. The van der Waals surface area contributed by atoms with Crippen LogP contribution in [0.15, 0.2) is 67.3 Å². The number of ketones is 1. The van der Waals surface area contributed by atoms with E-state index >= 15 is 0 Å². The van der Waals surface area contributed by atoms with Crippen molar-refractivity contribution in [3.8, 4) is 17.6 Å². The van der Waals surface area contributed by atoms with E-state index in [2.05, 4.69) is 35.9 Å². The summed E-state index contributed by atoms with van der Waals surface area (Å²) in [6, 6.07) is 16.1. The van der Waals surface area contributed by atoms with Gasteiger partial charge in [-0.1, -0.05) is 30.9 Å². The molecule has 4 heteroatoms. The Morgan fingerprint density at radius 1 is 1.07 bits per heavy atom. The van der Waals surface area contributed by atoms with E-state index in [4.69, 9.17) is 4.74 Å². The average molecular weight is 386 g/mol. The second-order valence-corrected chi connectivity index (χ2v) is 7.34. The Balaban J connectivity index is 1.50. The van der Waals surface area contributed by atoms with Gasteiger partial charge in [-0.3, -0.25) is 0 Å². The molecule has 148 valence electrons. The number of aromatic nitrogens is 2. The van der Waals surface area contributed by atoms with Crippen molar-refractivity contribution < 1.29 is 9.53 Å². The summed E-state index contributed by atoms with van der Waals surface area (Å²) >= 11 is 0. The highest BCUT2D eigenvalue weighted by Crippen LogP contribution is 2.14. The Morgan fingerprint density at radius 3 is 2.31 bits per heavy atom. The minimum atomic E-state index is 0.245. The molecule has 1 unspecified atom stereocenters. The molecule has 0 radical (unpaired) electrons. The van der Waals surface area contributed by atoms with Gasteiger partial charge in [0, 0.05) is 29.9 Å². The average Bonchev–Trinajstić information content (AvgIpc) is 3.21. The second kappa shape index (κ2) is 10.3. The maximum absolute atomic E-state index is 11.2. The molecule has 0 aliphatic heterocycles. The van der Waals surface area contributed by atoms with E-state index in [-0.39, 0.29) is 5.78 Å². The van der Waals surface area contributed by atoms with Crippen LogP contribution in [0.5, 0.6) is 5.75 Å². The number of Topliss-reactive ketones (excluding diaryl/α,β-unsaturated/α-hetero) is 1. The molecule has 1 aromatic heterocycles. The Kier molecular flexibility index (Phi) is 7.24. The van der Waals surface area contributed by atoms with E-state index in [0.29, 0.717) is 18.9 Å². The second-order valence-electron chi connectivity index (χ2n) is 7.34. The van der Waals surface area contributed by atoms with Crippen LogP contribution in [-0.4, -0.2) is 21.9 Å². The third-order valence-electron chi connectivity index (χ3n) is 4.56. The Morgan fingerprint density at radius 2 is 1.72 bits per heavy atom. The lowest BCUT2D eigenvalue weighted by Crippen LogP contribution is -2.06. The Hall–Kier alpha value is -3.32. The number of benzene rings is 2. The number of carbonyl (C=O) groups excluding carboxylic acids is 1. The summed E-state index contributed by atoms with van der Waals surface area (Å²) in [6.07, 6.45) is 7.00. The van der Waals surface area contributed by atoms with Gasteiger partial charge in [0.15, 0.2) is 0 Å². The summed E-state index contributed by atoms with van der Waals surface area (Å²) in [6.45, 7) is 5.12. The van der Waals surface area contributed by atoms with E-state index in [1.54, 1.807) is 19.4 Å². The van der Waals surface area contributed by atoms with Crippen molar-refractivity contribution in [3.05, 3.63) is 83.9 Å². The molecule has 0 saturated heterocycles. The number of carbonyl (C=O) groups is 1. The molecule has 2 aromatic carbocycles.